The molecule has 4 heterocycles. The minimum absolute atomic E-state index is 0. The second kappa shape index (κ2) is 14.5. The molecular formula is C42H41IrN3OSi-2. The smallest absolute Gasteiger partial charge is 0.216 e. The van der Waals surface area contributed by atoms with Crippen LogP contribution < -0.4 is 0 Å². The van der Waals surface area contributed by atoms with Crippen LogP contribution in [0, 0.1) is 46.4 Å². The summed E-state index contributed by atoms with van der Waals surface area (Å²) < 4.78 is 140. The normalized spacial score (nSPS) is 18.1. The molecule has 0 aliphatic carbocycles. The van der Waals surface area contributed by atoms with Crippen LogP contribution in [-0.4, -0.2) is 23.0 Å². The topological polar surface area (TPSA) is 51.8 Å². The first-order valence-corrected chi connectivity index (χ1v) is 18.2. The van der Waals surface area contributed by atoms with Gasteiger partial charge in [0.15, 0.2) is 0 Å². The molecule has 0 bridgehead atoms. The van der Waals surface area contributed by atoms with E-state index in [0.29, 0.717) is 33.2 Å². The summed E-state index contributed by atoms with van der Waals surface area (Å²) in [4.78, 5) is 12.7. The van der Waals surface area contributed by atoms with Gasteiger partial charge >= 0.3 is 0 Å². The molecule has 0 amide bonds. The molecule has 3 aromatic carbocycles. The third-order valence-electron chi connectivity index (χ3n) is 7.14. The molecular weight excluding hydrogens is 783 g/mol. The Morgan fingerprint density at radius 1 is 0.750 bits per heavy atom. The monoisotopic (exact) mass is 841 g/mol. The number of fused-ring (bicyclic) bond motifs is 3. The molecule has 0 N–H and O–H groups in total. The summed E-state index contributed by atoms with van der Waals surface area (Å²) in [6, 6.07) is 25.7. The number of benzene rings is 3. The van der Waals surface area contributed by atoms with Gasteiger partial charge in [0.1, 0.15) is 0 Å². The van der Waals surface area contributed by atoms with Gasteiger partial charge in [-0.3, -0.25) is 0 Å². The number of hydrogen-bond donors (Lipinski definition) is 0. The zero-order valence-electron chi connectivity index (χ0n) is 43.2. The molecule has 0 atom stereocenters. The van der Waals surface area contributed by atoms with Gasteiger partial charge in [-0.15, -0.1) is 53.6 Å². The number of pyridine rings is 3. The van der Waals surface area contributed by atoms with E-state index in [9.17, 15) is 0 Å². The van der Waals surface area contributed by atoms with Crippen LogP contribution >= 0.6 is 0 Å². The fourth-order valence-electron chi connectivity index (χ4n) is 5.05. The molecule has 245 valence electrons. The molecule has 0 saturated carbocycles. The van der Waals surface area contributed by atoms with Gasteiger partial charge in [-0.1, -0.05) is 79.4 Å². The van der Waals surface area contributed by atoms with Crippen LogP contribution in [0.2, 0.25) is 19.6 Å². The first-order chi connectivity index (χ1) is 29.3. The van der Waals surface area contributed by atoms with E-state index in [-0.39, 0.29) is 76.2 Å². The molecule has 0 spiro atoms. The van der Waals surface area contributed by atoms with E-state index in [2.05, 4.69) is 27.1 Å². The number of aromatic nitrogens is 3. The summed E-state index contributed by atoms with van der Waals surface area (Å²) in [6.07, 6.45) is 2.48. The van der Waals surface area contributed by atoms with Gasteiger partial charge in [0, 0.05) is 75.0 Å². The molecule has 48 heavy (non-hydrogen) atoms. The summed E-state index contributed by atoms with van der Waals surface area (Å²) in [5, 5.41) is 1.18. The Hall–Kier alpha value is -4.22. The van der Waals surface area contributed by atoms with Crippen molar-refractivity contribution in [1.82, 2.24) is 15.0 Å². The van der Waals surface area contributed by atoms with Crippen molar-refractivity contribution >= 4 is 30.1 Å². The molecule has 4 aromatic heterocycles. The van der Waals surface area contributed by atoms with Crippen molar-refractivity contribution in [3.05, 3.63) is 137 Å². The molecule has 0 unspecified atom stereocenters. The summed E-state index contributed by atoms with van der Waals surface area (Å²) in [6.45, 7) is -6.55. The van der Waals surface area contributed by atoms with Gasteiger partial charge in [0.2, 0.25) is 5.71 Å². The van der Waals surface area contributed by atoms with E-state index in [1.165, 1.54) is 60.9 Å². The van der Waals surface area contributed by atoms with Crippen molar-refractivity contribution in [2.75, 3.05) is 0 Å². The predicted molar refractivity (Wildman–Crippen MR) is 198 cm³/mol. The second-order valence-corrected chi connectivity index (χ2v) is 16.7. The maximum Gasteiger partial charge on any atom is 0.216 e. The molecule has 0 saturated heterocycles. The largest absolute Gasteiger partial charge is 0.486 e. The van der Waals surface area contributed by atoms with Gasteiger partial charge in [-0.05, 0) is 84.7 Å². The molecule has 0 fully saturated rings. The van der Waals surface area contributed by atoms with Crippen LogP contribution in [0.1, 0.15) is 56.8 Å². The third kappa shape index (κ3) is 7.90. The Morgan fingerprint density at radius 2 is 1.58 bits per heavy atom. The summed E-state index contributed by atoms with van der Waals surface area (Å²) in [7, 11) is -2.45. The SMILES string of the molecule is [2H]C([2H])([2H])c1c[c-]c(-c2ccc(C([2H])([2H])[2H])cn2)cc1.[2H]C([2H])([2H])c1ccc2c(n1)oc1c(-c3cc(-c4ccc(C([2H])([2H])[Si](C)(C)C)cc4C([2H])([2H])[2H])c(C([2H])([2H])[2H])cn3)[c-]ccc12.[Ir]. The standard InChI is InChI=1S/C29H29N2OSi.C13H12N.Ir/c1-18-14-21(17-33(4,5)6)11-13-22(18)26-15-27(30-16-19(26)2)25-9-7-8-23-24-12-10-20(3)31-29(24)32-28(23)25;1-10-3-6-12(7-4-10)13-8-5-11(2)9-14-13;/h7-8,10-16H,17H2,1-6H3;3-6,8-9H,1-2H3;/q2*-1;/i1D3,2D3,3D3,17D2;1D3,2D3;. The molecule has 7 aromatic rings. The Balaban J connectivity index is 0.000000317. The first-order valence-electron chi connectivity index (χ1n) is 23.2. The Kier molecular flexibility index (Phi) is 5.76. The average molecular weight is 841 g/mol. The average Bonchev–Trinajstić information content (AvgIpc) is 3.57. The Morgan fingerprint density at radius 3 is 2.29 bits per heavy atom. The van der Waals surface area contributed by atoms with Crippen LogP contribution in [0.25, 0.3) is 55.7 Å². The van der Waals surface area contributed by atoms with Crippen molar-refractivity contribution in [1.29, 1.82) is 0 Å². The van der Waals surface area contributed by atoms with Gasteiger partial charge in [0.05, 0.1) is 5.58 Å². The number of furan rings is 1. The van der Waals surface area contributed by atoms with Gasteiger partial charge < -0.3 is 14.4 Å². The van der Waals surface area contributed by atoms with Gasteiger partial charge in [-0.25, -0.2) is 4.98 Å². The van der Waals surface area contributed by atoms with Crippen molar-refractivity contribution in [2.24, 2.45) is 0 Å². The maximum atomic E-state index is 8.75. The molecule has 0 aliphatic rings. The molecule has 4 nitrogen and oxygen atoms in total. The van der Waals surface area contributed by atoms with E-state index in [4.69, 9.17) is 27.7 Å². The zero-order valence-corrected chi connectivity index (χ0v) is 29.6. The number of hydrogen-bond acceptors (Lipinski definition) is 4. The number of rotatable bonds is 5. The van der Waals surface area contributed by atoms with E-state index in [0.717, 1.165) is 0 Å². The molecule has 1 radical (unpaired) electrons. The van der Waals surface area contributed by atoms with Crippen LogP contribution in [0.4, 0.5) is 0 Å². The fraction of sp³-hybridized carbons (Fsp3) is 0.214. The first kappa shape index (κ1) is 19.1. The second-order valence-electron chi connectivity index (χ2n) is 11.9. The predicted octanol–water partition coefficient (Wildman–Crippen LogP) is 11.0. The molecule has 7 rings (SSSR count). The minimum atomic E-state index is -2.69. The number of nitrogens with zero attached hydrogens (tertiary/aromatic N) is 3. The van der Waals surface area contributed by atoms with Gasteiger partial charge in [-0.2, -0.15) is 0 Å². The van der Waals surface area contributed by atoms with Crippen molar-refractivity contribution in [2.45, 2.75) is 59.9 Å². The summed E-state index contributed by atoms with van der Waals surface area (Å²) in [5.41, 5.74) is 2.51. The van der Waals surface area contributed by atoms with E-state index in [1.54, 1.807) is 30.3 Å². The van der Waals surface area contributed by atoms with Crippen molar-refractivity contribution in [3.8, 4) is 33.6 Å². The summed E-state index contributed by atoms with van der Waals surface area (Å²) in [5.74, 6) is -1.75. The van der Waals surface area contributed by atoms with E-state index < -0.39 is 48.3 Å². The van der Waals surface area contributed by atoms with E-state index >= 15 is 0 Å². The Bertz CT molecular complexity index is 2770. The maximum absolute atomic E-state index is 8.75. The van der Waals surface area contributed by atoms with Gasteiger partial charge in [0.25, 0.3) is 0 Å². The van der Waals surface area contributed by atoms with Crippen molar-refractivity contribution in [3.63, 3.8) is 0 Å². The quantitative estimate of drug-likeness (QED) is 0.128. The van der Waals surface area contributed by atoms with Crippen LogP contribution in [0.5, 0.6) is 0 Å². The number of aryl methyl sites for hydroxylation is 5. The van der Waals surface area contributed by atoms with Crippen LogP contribution in [0.15, 0.2) is 95.7 Å². The summed E-state index contributed by atoms with van der Waals surface area (Å²) >= 11 is 0. The minimum Gasteiger partial charge on any atom is -0.486 e. The Labute approximate surface area is 323 Å². The van der Waals surface area contributed by atoms with Crippen molar-refractivity contribution < 1.29 is 47.8 Å². The third-order valence-corrected chi connectivity index (χ3v) is 8.18. The van der Waals surface area contributed by atoms with Crippen LogP contribution in [0.3, 0.4) is 0 Å². The van der Waals surface area contributed by atoms with Crippen LogP contribution in [-0.2, 0) is 26.1 Å². The molecule has 0 aliphatic heterocycles. The molecule has 6 heteroatoms. The van der Waals surface area contributed by atoms with E-state index in [1.807, 2.05) is 19.6 Å². The fourth-order valence-corrected chi connectivity index (χ4v) is 6.08. The zero-order chi connectivity index (χ0) is 47.6.